The van der Waals surface area contributed by atoms with Crippen LogP contribution in [-0.2, 0) is 19.1 Å². The van der Waals surface area contributed by atoms with Crippen LogP contribution >= 0.6 is 23.2 Å². The van der Waals surface area contributed by atoms with E-state index >= 15 is 0 Å². The molecule has 1 aliphatic heterocycles. The van der Waals surface area contributed by atoms with Crippen LogP contribution < -0.4 is 5.32 Å². The number of aryl methyl sites for hydroxylation is 1. The van der Waals surface area contributed by atoms with Crippen LogP contribution in [0.4, 0.5) is 10.5 Å². The number of carbonyl (C=O) groups excluding carboxylic acids is 4. The number of imide groups is 1. The van der Waals surface area contributed by atoms with Crippen molar-refractivity contribution in [3.05, 3.63) is 27.7 Å². The number of Topliss-reactive ketones (excluding diaryl/α,β-unsaturated/α-hetero) is 1. The van der Waals surface area contributed by atoms with E-state index in [0.717, 1.165) is 11.3 Å². The second kappa shape index (κ2) is 9.99. The molecule has 180 valence electrons. The van der Waals surface area contributed by atoms with Gasteiger partial charge in [-0.2, -0.15) is 0 Å². The standard InChI is InChI=1S/C23H29Cl2N3O5/c1-5-7-10-27-21(33-4)20(31)28(22(27)32)17(18(29)23(6-2)8-9-23)19(30)26-16-11-13(3)14(24)12-15(16)25/h11-12,17,21H,5-10H2,1-4H3,(H,26,30). The van der Waals surface area contributed by atoms with Crippen molar-refractivity contribution < 1.29 is 23.9 Å². The molecule has 3 rings (SSSR count). The number of ketones is 1. The molecule has 1 saturated heterocycles. The molecule has 1 N–H and O–H groups in total. The van der Waals surface area contributed by atoms with Gasteiger partial charge in [0.1, 0.15) is 0 Å². The summed E-state index contributed by atoms with van der Waals surface area (Å²) in [5.41, 5.74) is 0.194. The number of hydrogen-bond acceptors (Lipinski definition) is 5. The van der Waals surface area contributed by atoms with Gasteiger partial charge in [0.05, 0.1) is 10.7 Å². The minimum absolute atomic E-state index is 0.181. The zero-order valence-electron chi connectivity index (χ0n) is 19.2. The van der Waals surface area contributed by atoms with Crippen LogP contribution in [0.25, 0.3) is 0 Å². The third-order valence-electron chi connectivity index (χ3n) is 6.47. The highest BCUT2D eigenvalue weighted by atomic mass is 35.5. The molecule has 0 radical (unpaired) electrons. The fourth-order valence-electron chi connectivity index (χ4n) is 4.12. The lowest BCUT2D eigenvalue weighted by molar-refractivity contribution is -0.147. The molecule has 33 heavy (non-hydrogen) atoms. The smallest absolute Gasteiger partial charge is 0.330 e. The summed E-state index contributed by atoms with van der Waals surface area (Å²) in [6.45, 7) is 5.84. The van der Waals surface area contributed by atoms with Crippen LogP contribution in [0.5, 0.6) is 0 Å². The van der Waals surface area contributed by atoms with Gasteiger partial charge in [-0.05, 0) is 50.3 Å². The van der Waals surface area contributed by atoms with Crippen molar-refractivity contribution in [2.45, 2.75) is 65.1 Å². The fraction of sp³-hybridized carbons (Fsp3) is 0.565. The number of rotatable bonds is 10. The highest BCUT2D eigenvalue weighted by molar-refractivity contribution is 6.37. The third-order valence-corrected chi connectivity index (χ3v) is 7.19. The molecule has 2 unspecified atom stereocenters. The van der Waals surface area contributed by atoms with Crippen LogP contribution in [0.1, 0.15) is 51.5 Å². The summed E-state index contributed by atoms with van der Waals surface area (Å²) in [6, 6.07) is 0.734. The molecule has 2 fully saturated rings. The van der Waals surface area contributed by atoms with Crippen LogP contribution in [0.2, 0.25) is 10.0 Å². The zero-order valence-corrected chi connectivity index (χ0v) is 20.8. The van der Waals surface area contributed by atoms with Crippen molar-refractivity contribution in [1.29, 1.82) is 0 Å². The predicted molar refractivity (Wildman–Crippen MR) is 125 cm³/mol. The summed E-state index contributed by atoms with van der Waals surface area (Å²) in [4.78, 5) is 55.5. The van der Waals surface area contributed by atoms with Crippen LogP contribution in [-0.4, -0.2) is 59.4 Å². The molecular weight excluding hydrogens is 469 g/mol. The Labute approximate surface area is 203 Å². The number of ether oxygens (including phenoxy) is 1. The van der Waals surface area contributed by atoms with Crippen molar-refractivity contribution in [2.75, 3.05) is 19.0 Å². The number of hydrogen-bond donors (Lipinski definition) is 1. The normalized spacial score (nSPS) is 20.2. The highest BCUT2D eigenvalue weighted by Gasteiger charge is 2.58. The van der Waals surface area contributed by atoms with E-state index in [1.54, 1.807) is 13.0 Å². The van der Waals surface area contributed by atoms with Crippen LogP contribution in [0, 0.1) is 12.3 Å². The number of nitrogens with zero attached hydrogens (tertiary/aromatic N) is 2. The maximum atomic E-state index is 13.6. The minimum Gasteiger partial charge on any atom is -0.353 e. The number of urea groups is 1. The maximum Gasteiger partial charge on any atom is 0.330 e. The molecule has 10 heteroatoms. The average Bonchev–Trinajstić information content (AvgIpc) is 3.54. The first-order valence-corrected chi connectivity index (χ1v) is 11.8. The summed E-state index contributed by atoms with van der Waals surface area (Å²) in [5.74, 6) is -1.96. The van der Waals surface area contributed by atoms with Gasteiger partial charge >= 0.3 is 6.03 Å². The number of halogens is 2. The predicted octanol–water partition coefficient (Wildman–Crippen LogP) is 4.41. The van der Waals surface area contributed by atoms with Gasteiger partial charge in [0.2, 0.25) is 6.23 Å². The van der Waals surface area contributed by atoms with Gasteiger partial charge in [0.15, 0.2) is 11.8 Å². The summed E-state index contributed by atoms with van der Waals surface area (Å²) in [7, 11) is 1.32. The number of methoxy groups -OCH3 is 1. The number of unbranched alkanes of at least 4 members (excludes halogenated alkanes) is 1. The molecule has 1 heterocycles. The van der Waals surface area contributed by atoms with Gasteiger partial charge in [-0.25, -0.2) is 9.69 Å². The summed E-state index contributed by atoms with van der Waals surface area (Å²) in [5, 5.41) is 3.24. The largest absolute Gasteiger partial charge is 0.353 e. The Bertz CT molecular complexity index is 979. The molecule has 1 aromatic carbocycles. The second-order valence-corrected chi connectivity index (χ2v) is 9.41. The first-order valence-electron chi connectivity index (χ1n) is 11.1. The van der Waals surface area contributed by atoms with Crippen molar-refractivity contribution in [1.82, 2.24) is 9.80 Å². The Kier molecular flexibility index (Phi) is 7.71. The SMILES string of the molecule is CCCCN1C(=O)N(C(C(=O)Nc2cc(C)c(Cl)cc2Cl)C(=O)C2(CC)CC2)C(=O)C1OC. The van der Waals surface area contributed by atoms with E-state index in [2.05, 4.69) is 5.32 Å². The fourth-order valence-corrected chi connectivity index (χ4v) is 4.55. The first-order chi connectivity index (χ1) is 15.6. The average molecular weight is 498 g/mol. The highest BCUT2D eigenvalue weighted by Crippen LogP contribution is 2.51. The molecule has 1 aromatic rings. The molecule has 0 spiro atoms. The van der Waals surface area contributed by atoms with Gasteiger partial charge < -0.3 is 10.1 Å². The van der Waals surface area contributed by atoms with E-state index in [-0.39, 0.29) is 17.3 Å². The van der Waals surface area contributed by atoms with E-state index in [1.807, 2.05) is 13.8 Å². The summed E-state index contributed by atoms with van der Waals surface area (Å²) in [6.07, 6.45) is 2.00. The molecule has 0 bridgehead atoms. The van der Waals surface area contributed by atoms with E-state index < -0.39 is 41.3 Å². The van der Waals surface area contributed by atoms with Crippen LogP contribution in [0.3, 0.4) is 0 Å². The molecule has 0 aromatic heterocycles. The topological polar surface area (TPSA) is 96.0 Å². The number of amides is 4. The van der Waals surface area contributed by atoms with Crippen molar-refractivity contribution >= 4 is 52.5 Å². The second-order valence-electron chi connectivity index (χ2n) is 8.60. The number of nitrogens with one attached hydrogen (secondary N) is 1. The van der Waals surface area contributed by atoms with Crippen LogP contribution in [0.15, 0.2) is 12.1 Å². The Morgan fingerprint density at radius 2 is 1.88 bits per heavy atom. The molecular formula is C23H29Cl2N3O5. The van der Waals surface area contributed by atoms with Crippen molar-refractivity contribution in [3.63, 3.8) is 0 Å². The van der Waals surface area contributed by atoms with Crippen molar-refractivity contribution in [3.8, 4) is 0 Å². The molecule has 2 aliphatic rings. The first kappa shape index (κ1) is 25.5. The number of benzene rings is 1. The minimum atomic E-state index is -1.62. The van der Waals surface area contributed by atoms with Gasteiger partial charge in [-0.1, -0.05) is 43.5 Å². The van der Waals surface area contributed by atoms with E-state index in [4.69, 9.17) is 27.9 Å². The lowest BCUT2D eigenvalue weighted by Crippen LogP contribution is -2.54. The van der Waals surface area contributed by atoms with Gasteiger partial charge in [0, 0.05) is 24.1 Å². The van der Waals surface area contributed by atoms with Gasteiger partial charge in [-0.3, -0.25) is 19.3 Å². The molecule has 1 saturated carbocycles. The Balaban J connectivity index is 1.99. The quantitative estimate of drug-likeness (QED) is 0.381. The lowest BCUT2D eigenvalue weighted by atomic mass is 9.91. The maximum absolute atomic E-state index is 13.6. The third kappa shape index (κ3) is 4.74. The Hall–Kier alpha value is -2.16. The number of anilines is 1. The summed E-state index contributed by atoms with van der Waals surface area (Å²) < 4.78 is 5.27. The van der Waals surface area contributed by atoms with Crippen molar-refractivity contribution in [2.24, 2.45) is 5.41 Å². The van der Waals surface area contributed by atoms with E-state index in [1.165, 1.54) is 18.1 Å². The number of carbonyl (C=O) groups is 4. The molecule has 4 amide bonds. The lowest BCUT2D eigenvalue weighted by Gasteiger charge is -2.27. The van der Waals surface area contributed by atoms with E-state index in [0.29, 0.717) is 36.3 Å². The van der Waals surface area contributed by atoms with Gasteiger partial charge in [-0.15, -0.1) is 0 Å². The molecule has 2 atom stereocenters. The molecule has 8 nitrogen and oxygen atoms in total. The Morgan fingerprint density at radius 1 is 1.21 bits per heavy atom. The Morgan fingerprint density at radius 3 is 2.42 bits per heavy atom. The molecule has 1 aliphatic carbocycles. The monoisotopic (exact) mass is 497 g/mol. The van der Waals surface area contributed by atoms with Gasteiger partial charge in [0.25, 0.3) is 11.8 Å². The van der Waals surface area contributed by atoms with E-state index in [9.17, 15) is 19.2 Å². The summed E-state index contributed by atoms with van der Waals surface area (Å²) >= 11 is 12.3. The zero-order chi connectivity index (χ0) is 24.5.